The summed E-state index contributed by atoms with van der Waals surface area (Å²) in [5, 5.41) is 14.2. The van der Waals surface area contributed by atoms with Crippen molar-refractivity contribution < 1.29 is 4.74 Å². The summed E-state index contributed by atoms with van der Waals surface area (Å²) in [5.41, 5.74) is 1.25. The van der Waals surface area contributed by atoms with Crippen molar-refractivity contribution in [3.05, 3.63) is 53.9 Å². The van der Waals surface area contributed by atoms with E-state index < -0.39 is 0 Å². The summed E-state index contributed by atoms with van der Waals surface area (Å²) in [6.45, 7) is 4.62. The summed E-state index contributed by atoms with van der Waals surface area (Å²) in [4.78, 5) is 2.33. The summed E-state index contributed by atoms with van der Waals surface area (Å²) in [6, 6.07) is 15.0. The minimum atomic E-state index is 0.211. The van der Waals surface area contributed by atoms with Crippen LogP contribution in [0.5, 0.6) is 0 Å². The molecule has 6 nitrogen and oxygen atoms in total. The average molecular weight is 323 g/mol. The fourth-order valence-corrected chi connectivity index (χ4v) is 3.27. The summed E-state index contributed by atoms with van der Waals surface area (Å²) >= 11 is 0. The SMILES string of the molecule is CC(c1nnnn1C)N1CC(OCc2cccc3ccccc23)C1. The summed E-state index contributed by atoms with van der Waals surface area (Å²) in [5.74, 6) is 0.891. The normalized spacial score (nSPS) is 17.1. The van der Waals surface area contributed by atoms with Crippen molar-refractivity contribution in [1.82, 2.24) is 25.1 Å². The first-order chi connectivity index (χ1) is 11.7. The topological polar surface area (TPSA) is 56.1 Å². The minimum Gasteiger partial charge on any atom is -0.371 e. The molecule has 4 rings (SSSR count). The van der Waals surface area contributed by atoms with Crippen molar-refractivity contribution in [2.24, 2.45) is 7.05 Å². The van der Waals surface area contributed by atoms with Crippen LogP contribution in [-0.4, -0.2) is 44.3 Å². The molecule has 1 saturated heterocycles. The van der Waals surface area contributed by atoms with Gasteiger partial charge in [-0.15, -0.1) is 5.10 Å². The number of fused-ring (bicyclic) bond motifs is 1. The smallest absolute Gasteiger partial charge is 0.167 e. The second-order valence-electron chi connectivity index (χ2n) is 6.36. The Kier molecular flexibility index (Phi) is 4.00. The van der Waals surface area contributed by atoms with E-state index >= 15 is 0 Å². The Morgan fingerprint density at radius 2 is 1.96 bits per heavy atom. The standard InChI is InChI=1S/C18H21N5O/c1-13(18-19-20-21-22(18)2)23-10-16(11-23)24-12-15-8-5-7-14-6-3-4-9-17(14)15/h3-9,13,16H,10-12H2,1-2H3. The van der Waals surface area contributed by atoms with Gasteiger partial charge in [0.1, 0.15) is 0 Å². The molecular formula is C18H21N5O. The largest absolute Gasteiger partial charge is 0.371 e. The molecule has 124 valence electrons. The lowest BCUT2D eigenvalue weighted by Crippen LogP contribution is -2.53. The molecule has 2 heterocycles. The minimum absolute atomic E-state index is 0.211. The van der Waals surface area contributed by atoms with E-state index in [1.807, 2.05) is 7.05 Å². The number of aromatic nitrogens is 4. The molecule has 1 unspecified atom stereocenters. The second-order valence-corrected chi connectivity index (χ2v) is 6.36. The quantitative estimate of drug-likeness (QED) is 0.721. The molecule has 3 aromatic rings. The molecule has 24 heavy (non-hydrogen) atoms. The fourth-order valence-electron chi connectivity index (χ4n) is 3.27. The van der Waals surface area contributed by atoms with Crippen LogP contribution in [0.1, 0.15) is 24.4 Å². The number of likely N-dealkylation sites (tertiary alicyclic amines) is 1. The highest BCUT2D eigenvalue weighted by Gasteiger charge is 2.33. The molecule has 1 aliphatic rings. The first-order valence-corrected chi connectivity index (χ1v) is 8.27. The van der Waals surface area contributed by atoms with E-state index in [1.165, 1.54) is 16.3 Å². The maximum Gasteiger partial charge on any atom is 0.167 e. The molecule has 1 aliphatic heterocycles. The Labute approximate surface area is 141 Å². The first-order valence-electron chi connectivity index (χ1n) is 8.27. The van der Waals surface area contributed by atoms with Crippen LogP contribution in [0, 0.1) is 0 Å². The Morgan fingerprint density at radius 3 is 2.75 bits per heavy atom. The summed E-state index contributed by atoms with van der Waals surface area (Å²) in [7, 11) is 1.88. The number of hydrogen-bond acceptors (Lipinski definition) is 5. The van der Waals surface area contributed by atoms with E-state index in [-0.39, 0.29) is 12.1 Å². The third kappa shape index (κ3) is 2.79. The van der Waals surface area contributed by atoms with Gasteiger partial charge in [0, 0.05) is 20.1 Å². The van der Waals surface area contributed by atoms with Gasteiger partial charge in [-0.25, -0.2) is 4.68 Å². The van der Waals surface area contributed by atoms with Crippen molar-refractivity contribution >= 4 is 10.8 Å². The van der Waals surface area contributed by atoms with Crippen LogP contribution in [0.25, 0.3) is 10.8 Å². The van der Waals surface area contributed by atoms with Crippen LogP contribution in [0.3, 0.4) is 0 Å². The highest BCUT2D eigenvalue weighted by Crippen LogP contribution is 2.26. The van der Waals surface area contributed by atoms with Gasteiger partial charge in [0.2, 0.25) is 0 Å². The Morgan fingerprint density at radius 1 is 1.17 bits per heavy atom. The van der Waals surface area contributed by atoms with E-state index in [1.54, 1.807) is 4.68 Å². The summed E-state index contributed by atoms with van der Waals surface area (Å²) < 4.78 is 7.83. The molecule has 0 bridgehead atoms. The maximum absolute atomic E-state index is 6.10. The average Bonchev–Trinajstić information content (AvgIpc) is 2.99. The van der Waals surface area contributed by atoms with Gasteiger partial charge in [0.25, 0.3) is 0 Å². The molecule has 0 amide bonds. The molecular weight excluding hydrogens is 302 g/mol. The van der Waals surface area contributed by atoms with Gasteiger partial charge >= 0.3 is 0 Å². The van der Waals surface area contributed by atoms with Crippen LogP contribution in [0.2, 0.25) is 0 Å². The van der Waals surface area contributed by atoms with Crippen LogP contribution >= 0.6 is 0 Å². The molecule has 6 heteroatoms. The van der Waals surface area contributed by atoms with Gasteiger partial charge in [0.05, 0.1) is 18.8 Å². The zero-order valence-corrected chi connectivity index (χ0v) is 14.0. The van der Waals surface area contributed by atoms with Crippen molar-refractivity contribution in [2.75, 3.05) is 13.1 Å². The number of ether oxygens (including phenoxy) is 1. The van der Waals surface area contributed by atoms with E-state index in [0.29, 0.717) is 6.61 Å². The lowest BCUT2D eigenvalue weighted by molar-refractivity contribution is -0.0786. The Hall–Kier alpha value is -2.31. The van der Waals surface area contributed by atoms with Gasteiger partial charge in [-0.05, 0) is 33.7 Å². The lowest BCUT2D eigenvalue weighted by Gasteiger charge is -2.42. The second kappa shape index (κ2) is 6.30. The third-order valence-corrected chi connectivity index (χ3v) is 4.81. The highest BCUT2D eigenvalue weighted by molar-refractivity contribution is 5.85. The van der Waals surface area contributed by atoms with Gasteiger partial charge in [-0.3, -0.25) is 4.90 Å². The van der Waals surface area contributed by atoms with Crippen molar-refractivity contribution in [3.8, 4) is 0 Å². The summed E-state index contributed by atoms with van der Waals surface area (Å²) in [6.07, 6.45) is 0.271. The van der Waals surface area contributed by atoms with E-state index in [9.17, 15) is 0 Å². The van der Waals surface area contributed by atoms with Crippen molar-refractivity contribution in [2.45, 2.75) is 25.7 Å². The zero-order chi connectivity index (χ0) is 16.5. The number of benzene rings is 2. The number of aryl methyl sites for hydroxylation is 1. The molecule has 1 atom stereocenters. The molecule has 2 aromatic carbocycles. The molecule has 0 spiro atoms. The van der Waals surface area contributed by atoms with E-state index in [4.69, 9.17) is 4.74 Å². The maximum atomic E-state index is 6.10. The van der Waals surface area contributed by atoms with Gasteiger partial charge in [-0.1, -0.05) is 42.5 Å². The van der Waals surface area contributed by atoms with Gasteiger partial charge in [-0.2, -0.15) is 0 Å². The predicted molar refractivity (Wildman–Crippen MR) is 91.3 cm³/mol. The monoisotopic (exact) mass is 323 g/mol. The first kappa shape index (κ1) is 15.2. The van der Waals surface area contributed by atoms with Crippen LogP contribution < -0.4 is 0 Å². The van der Waals surface area contributed by atoms with Crippen molar-refractivity contribution in [1.29, 1.82) is 0 Å². The molecule has 0 N–H and O–H groups in total. The number of nitrogens with zero attached hydrogens (tertiary/aromatic N) is 5. The van der Waals surface area contributed by atoms with Crippen LogP contribution in [0.15, 0.2) is 42.5 Å². The van der Waals surface area contributed by atoms with Crippen LogP contribution in [0.4, 0.5) is 0 Å². The van der Waals surface area contributed by atoms with E-state index in [0.717, 1.165) is 18.9 Å². The molecule has 0 aliphatic carbocycles. The number of rotatable bonds is 5. The van der Waals surface area contributed by atoms with Crippen LogP contribution in [-0.2, 0) is 18.4 Å². The van der Waals surface area contributed by atoms with E-state index in [2.05, 4.69) is 69.8 Å². The predicted octanol–water partition coefficient (Wildman–Crippen LogP) is 2.33. The van der Waals surface area contributed by atoms with Crippen molar-refractivity contribution in [3.63, 3.8) is 0 Å². The molecule has 1 fully saturated rings. The lowest BCUT2D eigenvalue weighted by atomic mass is 10.0. The number of tetrazole rings is 1. The Bertz CT molecular complexity index is 835. The highest BCUT2D eigenvalue weighted by atomic mass is 16.5. The molecule has 0 saturated carbocycles. The third-order valence-electron chi connectivity index (χ3n) is 4.81. The zero-order valence-electron chi connectivity index (χ0n) is 14.0. The molecule has 1 aromatic heterocycles. The fraction of sp³-hybridized carbons (Fsp3) is 0.389. The molecule has 0 radical (unpaired) electrons. The van der Waals surface area contributed by atoms with Gasteiger partial charge < -0.3 is 4.74 Å². The Balaban J connectivity index is 1.35. The van der Waals surface area contributed by atoms with Gasteiger partial charge in [0.15, 0.2) is 5.82 Å². The number of hydrogen-bond donors (Lipinski definition) is 0.